The zero-order valence-corrected chi connectivity index (χ0v) is 15.6. The lowest BCUT2D eigenvalue weighted by atomic mass is 9.99. The second-order valence-corrected chi connectivity index (χ2v) is 7.86. The molecule has 2 aromatic rings. The van der Waals surface area contributed by atoms with Crippen molar-refractivity contribution >= 4 is 44.1 Å². The second-order valence-electron chi connectivity index (χ2n) is 6.82. The predicted molar refractivity (Wildman–Crippen MR) is 104 cm³/mol. The van der Waals surface area contributed by atoms with Gasteiger partial charge in [0.1, 0.15) is 0 Å². The first-order valence-electron chi connectivity index (χ1n) is 8.97. The fourth-order valence-electron chi connectivity index (χ4n) is 3.48. The molecule has 1 aromatic carbocycles. The van der Waals surface area contributed by atoms with Crippen molar-refractivity contribution in [1.29, 1.82) is 0 Å². The first-order chi connectivity index (χ1) is 12.6. The van der Waals surface area contributed by atoms with Crippen LogP contribution in [-0.2, 0) is 9.59 Å². The summed E-state index contributed by atoms with van der Waals surface area (Å²) in [5.41, 5.74) is 3.34. The van der Waals surface area contributed by atoms with Crippen LogP contribution in [-0.4, -0.2) is 47.9 Å². The summed E-state index contributed by atoms with van der Waals surface area (Å²) in [5.74, 6) is 0.207. The van der Waals surface area contributed by atoms with Crippen LogP contribution in [0.1, 0.15) is 25.3 Å². The number of amides is 2. The number of hydrogen-bond acceptors (Lipinski definition) is 5. The highest BCUT2D eigenvalue weighted by Crippen LogP contribution is 2.31. The van der Waals surface area contributed by atoms with E-state index >= 15 is 0 Å². The van der Waals surface area contributed by atoms with Crippen LogP contribution >= 0.6 is 11.3 Å². The standard InChI is InChI=1S/C19H22N4O2S/c1-12(24)23-8-5-13(6-9-23)14-2-3-16-17(10-14)26-19(21-16)22-18(25)15-4-7-20-11-15/h2-3,5,10,15,20H,4,6-9,11H2,1H3,(H,21,22,25)/t15-/m0/s1. The van der Waals surface area contributed by atoms with Gasteiger partial charge in [0.15, 0.2) is 5.13 Å². The van der Waals surface area contributed by atoms with E-state index < -0.39 is 0 Å². The molecule has 0 saturated carbocycles. The highest BCUT2D eigenvalue weighted by Gasteiger charge is 2.23. The van der Waals surface area contributed by atoms with E-state index in [0.29, 0.717) is 11.7 Å². The van der Waals surface area contributed by atoms with Gasteiger partial charge in [-0.15, -0.1) is 0 Å². The number of benzene rings is 1. The highest BCUT2D eigenvalue weighted by atomic mass is 32.1. The summed E-state index contributed by atoms with van der Waals surface area (Å²) in [6.45, 7) is 4.68. The van der Waals surface area contributed by atoms with Crippen molar-refractivity contribution in [2.24, 2.45) is 5.92 Å². The predicted octanol–water partition coefficient (Wildman–Crippen LogP) is 2.48. The lowest BCUT2D eigenvalue weighted by Gasteiger charge is -2.25. The number of nitrogens with one attached hydrogen (secondary N) is 2. The Morgan fingerprint density at radius 1 is 1.38 bits per heavy atom. The third kappa shape index (κ3) is 3.50. The zero-order valence-electron chi connectivity index (χ0n) is 14.7. The monoisotopic (exact) mass is 370 g/mol. The maximum absolute atomic E-state index is 12.3. The van der Waals surface area contributed by atoms with Gasteiger partial charge in [-0.25, -0.2) is 4.98 Å². The first kappa shape index (κ1) is 17.2. The van der Waals surface area contributed by atoms with Crippen molar-refractivity contribution in [2.45, 2.75) is 19.8 Å². The van der Waals surface area contributed by atoms with Crippen molar-refractivity contribution in [2.75, 3.05) is 31.5 Å². The number of carbonyl (C=O) groups is 2. The normalized spacial score (nSPS) is 20.3. The van der Waals surface area contributed by atoms with Crippen molar-refractivity contribution in [3.8, 4) is 0 Å². The molecule has 7 heteroatoms. The van der Waals surface area contributed by atoms with E-state index in [4.69, 9.17) is 0 Å². The molecule has 0 unspecified atom stereocenters. The maximum Gasteiger partial charge on any atom is 0.230 e. The Bertz CT molecular complexity index is 883. The molecule has 26 heavy (non-hydrogen) atoms. The lowest BCUT2D eigenvalue weighted by Crippen LogP contribution is -2.32. The van der Waals surface area contributed by atoms with Gasteiger partial charge in [-0.3, -0.25) is 9.59 Å². The third-order valence-electron chi connectivity index (χ3n) is 5.07. The SMILES string of the molecule is CC(=O)N1CC=C(c2ccc3nc(NC(=O)[C@H]4CCNC4)sc3c2)CC1. The van der Waals surface area contributed by atoms with E-state index in [1.165, 1.54) is 22.5 Å². The number of aromatic nitrogens is 1. The van der Waals surface area contributed by atoms with Gasteiger partial charge in [-0.05, 0) is 42.7 Å². The zero-order chi connectivity index (χ0) is 18.1. The smallest absolute Gasteiger partial charge is 0.230 e. The average molecular weight is 370 g/mol. The van der Waals surface area contributed by atoms with Crippen molar-refractivity contribution in [1.82, 2.24) is 15.2 Å². The average Bonchev–Trinajstić information content (AvgIpc) is 3.30. The van der Waals surface area contributed by atoms with E-state index in [1.54, 1.807) is 6.92 Å². The first-order valence-corrected chi connectivity index (χ1v) is 9.79. The van der Waals surface area contributed by atoms with E-state index in [1.807, 2.05) is 11.0 Å². The quantitative estimate of drug-likeness (QED) is 0.870. The van der Waals surface area contributed by atoms with E-state index in [9.17, 15) is 9.59 Å². The van der Waals surface area contributed by atoms with Gasteiger partial charge in [0.05, 0.1) is 16.1 Å². The molecule has 2 amide bonds. The molecule has 6 nitrogen and oxygen atoms in total. The molecular weight excluding hydrogens is 348 g/mol. The number of hydrogen-bond donors (Lipinski definition) is 2. The molecule has 1 saturated heterocycles. The second kappa shape index (κ2) is 7.17. The largest absolute Gasteiger partial charge is 0.339 e. The van der Waals surface area contributed by atoms with Crippen LogP contribution in [0, 0.1) is 5.92 Å². The number of fused-ring (bicyclic) bond motifs is 1. The van der Waals surface area contributed by atoms with Crippen LogP contribution in [0.3, 0.4) is 0 Å². The summed E-state index contributed by atoms with van der Waals surface area (Å²) >= 11 is 1.51. The fraction of sp³-hybridized carbons (Fsp3) is 0.421. The Kier molecular flexibility index (Phi) is 4.74. The number of carbonyl (C=O) groups excluding carboxylic acids is 2. The Hall–Kier alpha value is -2.25. The van der Waals surface area contributed by atoms with E-state index in [-0.39, 0.29) is 17.7 Å². The molecule has 2 aliphatic rings. The van der Waals surface area contributed by atoms with Crippen LogP contribution in [0.4, 0.5) is 5.13 Å². The number of thiazole rings is 1. The minimum absolute atomic E-state index is 0.0363. The molecule has 0 radical (unpaired) electrons. The van der Waals surface area contributed by atoms with Gasteiger partial charge < -0.3 is 15.5 Å². The fourth-order valence-corrected chi connectivity index (χ4v) is 4.39. The molecule has 2 N–H and O–H groups in total. The Labute approximate surface area is 156 Å². The summed E-state index contributed by atoms with van der Waals surface area (Å²) in [5, 5.41) is 6.83. The molecule has 0 aliphatic carbocycles. The van der Waals surface area contributed by atoms with Crippen LogP contribution in [0.15, 0.2) is 24.3 Å². The molecule has 136 valence electrons. The van der Waals surface area contributed by atoms with Gasteiger partial charge in [0.2, 0.25) is 11.8 Å². The van der Waals surface area contributed by atoms with Gasteiger partial charge in [-0.1, -0.05) is 23.5 Å². The number of anilines is 1. The lowest BCUT2D eigenvalue weighted by molar-refractivity contribution is -0.128. The minimum atomic E-state index is 0.0363. The van der Waals surface area contributed by atoms with Crippen molar-refractivity contribution in [3.63, 3.8) is 0 Å². The molecule has 3 heterocycles. The summed E-state index contributed by atoms with van der Waals surface area (Å²) in [6, 6.07) is 6.21. The van der Waals surface area contributed by atoms with Crippen LogP contribution < -0.4 is 10.6 Å². The minimum Gasteiger partial charge on any atom is -0.339 e. The Morgan fingerprint density at radius 3 is 2.96 bits per heavy atom. The summed E-state index contributed by atoms with van der Waals surface area (Å²) in [6.07, 6.45) is 3.87. The molecule has 1 aromatic heterocycles. The van der Waals surface area contributed by atoms with Gasteiger partial charge in [0.25, 0.3) is 0 Å². The van der Waals surface area contributed by atoms with Crippen LogP contribution in [0.2, 0.25) is 0 Å². The third-order valence-corrected chi connectivity index (χ3v) is 6.01. The number of nitrogens with zero attached hydrogens (tertiary/aromatic N) is 2. The molecule has 0 bridgehead atoms. The molecule has 4 rings (SSSR count). The number of rotatable bonds is 3. The molecule has 1 atom stereocenters. The van der Waals surface area contributed by atoms with Crippen LogP contribution in [0.25, 0.3) is 15.8 Å². The van der Waals surface area contributed by atoms with E-state index in [2.05, 4.69) is 33.8 Å². The van der Waals surface area contributed by atoms with E-state index in [0.717, 1.165) is 42.7 Å². The molecule has 2 aliphatic heterocycles. The van der Waals surface area contributed by atoms with Crippen molar-refractivity contribution < 1.29 is 9.59 Å². The van der Waals surface area contributed by atoms with Crippen molar-refractivity contribution in [3.05, 3.63) is 29.8 Å². The summed E-state index contributed by atoms with van der Waals surface area (Å²) in [4.78, 5) is 30.1. The van der Waals surface area contributed by atoms with Gasteiger partial charge in [-0.2, -0.15) is 0 Å². The summed E-state index contributed by atoms with van der Waals surface area (Å²) < 4.78 is 1.07. The summed E-state index contributed by atoms with van der Waals surface area (Å²) in [7, 11) is 0. The van der Waals surface area contributed by atoms with Gasteiger partial charge in [0, 0.05) is 26.6 Å². The molecular formula is C19H22N4O2S. The van der Waals surface area contributed by atoms with Crippen LogP contribution in [0.5, 0.6) is 0 Å². The molecule has 1 fully saturated rings. The van der Waals surface area contributed by atoms with Gasteiger partial charge >= 0.3 is 0 Å². The molecule has 0 spiro atoms. The highest BCUT2D eigenvalue weighted by molar-refractivity contribution is 7.22. The topological polar surface area (TPSA) is 74.3 Å². The maximum atomic E-state index is 12.3. The Morgan fingerprint density at radius 2 is 2.27 bits per heavy atom. The Balaban J connectivity index is 1.51.